The fraction of sp³-hybridized carbons (Fsp3) is 0.850. The SMILES string of the molecule is CCOC(=O)C1CN(C(=O)OC(C)(C)C)CC12CN(C(=O)[C@H]1CC1(C)C)C2. The van der Waals surface area contributed by atoms with Crippen molar-refractivity contribution < 1.29 is 23.9 Å². The molecule has 1 spiro atoms. The molecule has 0 aromatic heterocycles. The van der Waals surface area contributed by atoms with Crippen molar-refractivity contribution in [2.75, 3.05) is 32.8 Å². The monoisotopic (exact) mass is 380 g/mol. The Hall–Kier alpha value is -1.79. The van der Waals surface area contributed by atoms with Crippen LogP contribution in [-0.2, 0) is 19.1 Å². The first-order valence-corrected chi connectivity index (χ1v) is 9.82. The van der Waals surface area contributed by atoms with E-state index in [2.05, 4.69) is 13.8 Å². The normalized spacial score (nSPS) is 27.9. The third kappa shape index (κ3) is 3.78. The minimum atomic E-state index is -0.592. The molecular weight excluding hydrogens is 348 g/mol. The Morgan fingerprint density at radius 2 is 1.59 bits per heavy atom. The summed E-state index contributed by atoms with van der Waals surface area (Å²) in [6.45, 7) is 13.4. The molecule has 7 nitrogen and oxygen atoms in total. The van der Waals surface area contributed by atoms with E-state index in [0.29, 0.717) is 26.2 Å². The molecule has 0 radical (unpaired) electrons. The molecule has 3 aliphatic rings. The van der Waals surface area contributed by atoms with Crippen molar-refractivity contribution in [3.63, 3.8) is 0 Å². The van der Waals surface area contributed by atoms with E-state index in [-0.39, 0.29) is 29.8 Å². The number of hydrogen-bond donors (Lipinski definition) is 0. The van der Waals surface area contributed by atoms with Crippen LogP contribution in [0.5, 0.6) is 0 Å². The first-order chi connectivity index (χ1) is 12.4. The van der Waals surface area contributed by atoms with Gasteiger partial charge in [-0.1, -0.05) is 13.8 Å². The zero-order valence-electron chi connectivity index (χ0n) is 17.3. The van der Waals surface area contributed by atoms with Crippen LogP contribution < -0.4 is 0 Å². The molecular formula is C20H32N2O5. The van der Waals surface area contributed by atoms with E-state index in [4.69, 9.17) is 9.47 Å². The Morgan fingerprint density at radius 1 is 1.04 bits per heavy atom. The van der Waals surface area contributed by atoms with Gasteiger partial charge in [0.25, 0.3) is 0 Å². The van der Waals surface area contributed by atoms with Gasteiger partial charge in [-0.15, -0.1) is 0 Å². The van der Waals surface area contributed by atoms with Crippen LogP contribution in [0.25, 0.3) is 0 Å². The lowest BCUT2D eigenvalue weighted by atomic mass is 9.71. The third-order valence-electron chi connectivity index (χ3n) is 6.01. The molecule has 3 fully saturated rings. The molecule has 152 valence electrons. The van der Waals surface area contributed by atoms with Gasteiger partial charge in [0.05, 0.1) is 12.5 Å². The third-order valence-corrected chi connectivity index (χ3v) is 6.01. The summed E-state index contributed by atoms with van der Waals surface area (Å²) >= 11 is 0. The maximum absolute atomic E-state index is 12.7. The van der Waals surface area contributed by atoms with Crippen LogP contribution in [0.1, 0.15) is 48.0 Å². The molecule has 2 amide bonds. The average Bonchev–Trinajstić information content (AvgIpc) is 2.96. The van der Waals surface area contributed by atoms with Crippen LogP contribution >= 0.6 is 0 Å². The molecule has 3 rings (SSSR count). The van der Waals surface area contributed by atoms with Crippen molar-refractivity contribution >= 4 is 18.0 Å². The van der Waals surface area contributed by atoms with E-state index in [1.165, 1.54) is 0 Å². The average molecular weight is 380 g/mol. The summed E-state index contributed by atoms with van der Waals surface area (Å²) in [5.41, 5.74) is -0.929. The highest BCUT2D eigenvalue weighted by atomic mass is 16.6. The van der Waals surface area contributed by atoms with Gasteiger partial charge >= 0.3 is 12.1 Å². The predicted octanol–water partition coefficient (Wildman–Crippen LogP) is 2.29. The maximum Gasteiger partial charge on any atom is 0.410 e. The van der Waals surface area contributed by atoms with E-state index >= 15 is 0 Å². The standard InChI is InChI=1S/C20H32N2O5/c1-7-26-16(24)14-9-21(17(25)27-18(2,3)4)10-20(14)11-22(12-20)15(23)13-8-19(13,5)6/h13-14H,7-12H2,1-6H3/t13-,14?/m1/s1. The van der Waals surface area contributed by atoms with Crippen molar-refractivity contribution in [1.82, 2.24) is 9.80 Å². The molecule has 2 aliphatic heterocycles. The Bertz CT molecular complexity index is 645. The van der Waals surface area contributed by atoms with E-state index in [9.17, 15) is 14.4 Å². The van der Waals surface area contributed by atoms with Gasteiger partial charge in [0, 0.05) is 37.5 Å². The molecule has 0 aromatic carbocycles. The first-order valence-electron chi connectivity index (χ1n) is 9.82. The van der Waals surface area contributed by atoms with E-state index in [0.717, 1.165) is 6.42 Å². The largest absolute Gasteiger partial charge is 0.466 e. The lowest BCUT2D eigenvalue weighted by Gasteiger charge is -2.50. The van der Waals surface area contributed by atoms with Crippen LogP contribution in [0.4, 0.5) is 4.79 Å². The molecule has 2 saturated heterocycles. The minimum absolute atomic E-state index is 0.0819. The Kier molecular flexibility index (Phi) is 4.72. The molecule has 0 aromatic rings. The van der Waals surface area contributed by atoms with Gasteiger partial charge in [-0.25, -0.2) is 4.79 Å². The van der Waals surface area contributed by atoms with Gasteiger partial charge < -0.3 is 19.3 Å². The second-order valence-electron chi connectivity index (χ2n) is 9.97. The predicted molar refractivity (Wildman–Crippen MR) is 98.8 cm³/mol. The summed E-state index contributed by atoms with van der Waals surface area (Å²) in [5.74, 6) is -0.452. The van der Waals surface area contributed by atoms with Crippen LogP contribution in [-0.4, -0.2) is 66.2 Å². The first kappa shape index (κ1) is 20.0. The van der Waals surface area contributed by atoms with Crippen molar-refractivity contribution in [2.45, 2.75) is 53.6 Å². The van der Waals surface area contributed by atoms with Gasteiger partial charge in [-0.2, -0.15) is 0 Å². The molecule has 0 N–H and O–H groups in total. The van der Waals surface area contributed by atoms with E-state index in [1.54, 1.807) is 11.8 Å². The summed E-state index contributed by atoms with van der Waals surface area (Å²) in [5, 5.41) is 0. The molecule has 7 heteroatoms. The Labute approximate surface area is 161 Å². The van der Waals surface area contributed by atoms with Gasteiger partial charge in [0.2, 0.25) is 5.91 Å². The second kappa shape index (κ2) is 6.38. The highest BCUT2D eigenvalue weighted by Crippen LogP contribution is 2.54. The highest BCUT2D eigenvalue weighted by molar-refractivity contribution is 5.84. The van der Waals surface area contributed by atoms with Gasteiger partial charge in [0.1, 0.15) is 5.60 Å². The number of amides is 2. The number of carbonyl (C=O) groups excluding carboxylic acids is 3. The van der Waals surface area contributed by atoms with Gasteiger partial charge in [-0.3, -0.25) is 9.59 Å². The zero-order chi connectivity index (χ0) is 20.2. The van der Waals surface area contributed by atoms with Crippen molar-refractivity contribution in [1.29, 1.82) is 0 Å². The fourth-order valence-corrected chi connectivity index (χ4v) is 4.30. The van der Waals surface area contributed by atoms with Gasteiger partial charge in [0.15, 0.2) is 0 Å². The van der Waals surface area contributed by atoms with Crippen LogP contribution in [0, 0.1) is 22.7 Å². The topological polar surface area (TPSA) is 76.2 Å². The molecule has 1 aliphatic carbocycles. The molecule has 1 unspecified atom stereocenters. The van der Waals surface area contributed by atoms with Crippen molar-refractivity contribution in [2.24, 2.45) is 22.7 Å². The van der Waals surface area contributed by atoms with Crippen molar-refractivity contribution in [3.8, 4) is 0 Å². The Balaban J connectivity index is 1.69. The van der Waals surface area contributed by atoms with E-state index in [1.807, 2.05) is 25.7 Å². The number of ether oxygens (including phenoxy) is 2. The lowest BCUT2D eigenvalue weighted by molar-refractivity contribution is -0.162. The Morgan fingerprint density at radius 3 is 2.07 bits per heavy atom. The second-order valence-corrected chi connectivity index (χ2v) is 9.97. The molecule has 1 saturated carbocycles. The molecule has 2 heterocycles. The van der Waals surface area contributed by atoms with Crippen LogP contribution in [0.15, 0.2) is 0 Å². The number of esters is 1. The number of carbonyl (C=O) groups is 3. The number of likely N-dealkylation sites (tertiary alicyclic amines) is 2. The summed E-state index contributed by atoms with van der Waals surface area (Å²) in [4.78, 5) is 41.1. The van der Waals surface area contributed by atoms with Gasteiger partial charge in [-0.05, 0) is 39.5 Å². The molecule has 0 bridgehead atoms. The van der Waals surface area contributed by atoms with Crippen molar-refractivity contribution in [3.05, 3.63) is 0 Å². The number of nitrogens with zero attached hydrogens (tertiary/aromatic N) is 2. The van der Waals surface area contributed by atoms with E-state index < -0.39 is 23.0 Å². The molecule has 2 atom stereocenters. The summed E-state index contributed by atoms with van der Waals surface area (Å²) in [6.07, 6.45) is 0.502. The van der Waals surface area contributed by atoms with Crippen LogP contribution in [0.3, 0.4) is 0 Å². The maximum atomic E-state index is 12.7. The molecule has 27 heavy (non-hydrogen) atoms. The number of rotatable bonds is 3. The van der Waals surface area contributed by atoms with Crippen LogP contribution in [0.2, 0.25) is 0 Å². The summed E-state index contributed by atoms with van der Waals surface area (Å²) < 4.78 is 10.7. The summed E-state index contributed by atoms with van der Waals surface area (Å²) in [7, 11) is 0. The minimum Gasteiger partial charge on any atom is -0.466 e. The smallest absolute Gasteiger partial charge is 0.410 e. The quantitative estimate of drug-likeness (QED) is 0.702. The zero-order valence-corrected chi connectivity index (χ0v) is 17.3. The lowest BCUT2D eigenvalue weighted by Crippen LogP contribution is -2.63. The highest BCUT2D eigenvalue weighted by Gasteiger charge is 2.62. The number of hydrogen-bond acceptors (Lipinski definition) is 5. The summed E-state index contributed by atoms with van der Waals surface area (Å²) in [6, 6.07) is 0. The fourth-order valence-electron chi connectivity index (χ4n) is 4.30.